The molecule has 1 aliphatic heterocycles. The van der Waals surface area contributed by atoms with Crippen LogP contribution < -0.4 is 20.9 Å². The summed E-state index contributed by atoms with van der Waals surface area (Å²) in [4.78, 5) is 47.5. The van der Waals surface area contributed by atoms with Crippen molar-refractivity contribution in [1.82, 2.24) is 20.6 Å². The molecule has 35 heavy (non-hydrogen) atoms. The van der Waals surface area contributed by atoms with Crippen LogP contribution in [0, 0.1) is 0 Å². The number of carbonyl (C=O) groups excluding carboxylic acids is 3. The molecule has 0 unspecified atom stereocenters. The van der Waals surface area contributed by atoms with Crippen molar-refractivity contribution in [3.63, 3.8) is 0 Å². The van der Waals surface area contributed by atoms with Crippen molar-refractivity contribution in [3.8, 4) is 0 Å². The van der Waals surface area contributed by atoms with E-state index in [0.29, 0.717) is 17.6 Å². The number of anilines is 2. The molecule has 0 aliphatic carbocycles. The quantitative estimate of drug-likeness (QED) is 0.489. The minimum atomic E-state index is -0.973. The summed E-state index contributed by atoms with van der Waals surface area (Å²) in [6.45, 7) is 8.14. The third kappa shape index (κ3) is 8.24. The number of esters is 1. The molecule has 3 rings (SSSR count). The van der Waals surface area contributed by atoms with Crippen LogP contribution in [0.3, 0.4) is 0 Å². The smallest absolute Gasteiger partial charge is 0.331 e. The Kier molecular flexibility index (Phi) is 8.62. The van der Waals surface area contributed by atoms with Crippen LogP contribution in [0.1, 0.15) is 50.9 Å². The molecule has 10 heteroatoms. The van der Waals surface area contributed by atoms with E-state index in [0.717, 1.165) is 31.6 Å². The zero-order valence-electron chi connectivity index (χ0n) is 20.7. The normalized spacial score (nSPS) is 15.1. The van der Waals surface area contributed by atoms with E-state index in [4.69, 9.17) is 4.74 Å². The minimum absolute atomic E-state index is 0.0732. The van der Waals surface area contributed by atoms with Crippen molar-refractivity contribution in [2.24, 2.45) is 0 Å². The van der Waals surface area contributed by atoms with Crippen LogP contribution >= 0.6 is 0 Å². The van der Waals surface area contributed by atoms with E-state index in [9.17, 15) is 14.4 Å². The lowest BCUT2D eigenvalue weighted by Gasteiger charge is -2.34. The van der Waals surface area contributed by atoms with Gasteiger partial charge in [-0.2, -0.15) is 0 Å². The molecule has 3 N–H and O–H groups in total. The Hall–Kier alpha value is -3.69. The third-order valence-corrected chi connectivity index (χ3v) is 5.40. The molecule has 0 radical (unpaired) electrons. The fourth-order valence-corrected chi connectivity index (χ4v) is 3.79. The van der Waals surface area contributed by atoms with Gasteiger partial charge in [-0.3, -0.25) is 9.59 Å². The van der Waals surface area contributed by atoms with Crippen LogP contribution in [-0.4, -0.2) is 65.1 Å². The van der Waals surface area contributed by atoms with Gasteiger partial charge in [0.2, 0.25) is 11.9 Å². The standard InChI is InChI=1S/C25H34N6O4/c1-17(32)29-21(23(34)35-25(2,3)4)16-28-22(33)18-7-5-8-20(15-18)31-13-9-19(10-14-31)30-24-26-11-6-12-27-24/h5-8,11-12,15,19,21H,9-10,13-14,16H2,1-4H3,(H,28,33)(H,29,32)(H,26,27,30)/t21-/m0/s1. The van der Waals surface area contributed by atoms with Gasteiger partial charge in [-0.15, -0.1) is 0 Å². The number of aromatic nitrogens is 2. The van der Waals surface area contributed by atoms with E-state index >= 15 is 0 Å². The number of piperidine rings is 1. The van der Waals surface area contributed by atoms with Crippen LogP contribution in [0.25, 0.3) is 0 Å². The van der Waals surface area contributed by atoms with Gasteiger partial charge >= 0.3 is 5.97 Å². The molecule has 1 aromatic heterocycles. The molecule has 2 aromatic rings. The van der Waals surface area contributed by atoms with E-state index < -0.39 is 17.6 Å². The fourth-order valence-electron chi connectivity index (χ4n) is 3.79. The molecule has 188 valence electrons. The Morgan fingerprint density at radius 1 is 1.11 bits per heavy atom. The number of nitrogens with one attached hydrogen (secondary N) is 3. The Balaban J connectivity index is 1.56. The Bertz CT molecular complexity index is 1020. The molecule has 1 aliphatic rings. The molecule has 0 spiro atoms. The average Bonchev–Trinajstić information content (AvgIpc) is 2.81. The number of rotatable bonds is 8. The highest BCUT2D eigenvalue weighted by molar-refractivity contribution is 5.95. The van der Waals surface area contributed by atoms with Crippen molar-refractivity contribution in [2.75, 3.05) is 29.9 Å². The van der Waals surface area contributed by atoms with Crippen molar-refractivity contribution in [1.29, 1.82) is 0 Å². The highest BCUT2D eigenvalue weighted by Crippen LogP contribution is 2.22. The van der Waals surface area contributed by atoms with Crippen LogP contribution in [0.4, 0.5) is 11.6 Å². The predicted molar refractivity (Wildman–Crippen MR) is 133 cm³/mol. The number of carbonyl (C=O) groups is 3. The SMILES string of the molecule is CC(=O)N[C@@H](CNC(=O)c1cccc(N2CCC(Nc3ncccn3)CC2)c1)C(=O)OC(C)(C)C. The Morgan fingerprint density at radius 2 is 1.80 bits per heavy atom. The number of hydrogen-bond acceptors (Lipinski definition) is 8. The Morgan fingerprint density at radius 3 is 2.43 bits per heavy atom. The maximum absolute atomic E-state index is 12.8. The van der Waals surface area contributed by atoms with E-state index in [-0.39, 0.29) is 18.4 Å². The molecule has 0 saturated carbocycles. The van der Waals surface area contributed by atoms with Gasteiger partial charge in [0.1, 0.15) is 11.6 Å². The van der Waals surface area contributed by atoms with Crippen molar-refractivity contribution in [2.45, 2.75) is 58.2 Å². The summed E-state index contributed by atoms with van der Waals surface area (Å²) in [7, 11) is 0. The zero-order chi connectivity index (χ0) is 25.4. The lowest BCUT2D eigenvalue weighted by molar-refractivity contribution is -0.158. The first-order chi connectivity index (χ1) is 16.6. The van der Waals surface area contributed by atoms with Gasteiger partial charge in [0, 0.05) is 56.2 Å². The lowest BCUT2D eigenvalue weighted by atomic mass is 10.0. The first-order valence-electron chi connectivity index (χ1n) is 11.8. The molecule has 1 aromatic carbocycles. The lowest BCUT2D eigenvalue weighted by Crippen LogP contribution is -2.50. The summed E-state index contributed by atoms with van der Waals surface area (Å²) in [6.07, 6.45) is 5.27. The van der Waals surface area contributed by atoms with Crippen molar-refractivity contribution < 1.29 is 19.1 Å². The molecule has 1 atom stereocenters. The van der Waals surface area contributed by atoms with Crippen LogP contribution in [0.15, 0.2) is 42.7 Å². The van der Waals surface area contributed by atoms with Gasteiger partial charge in [-0.05, 0) is 57.9 Å². The molecule has 10 nitrogen and oxygen atoms in total. The fraction of sp³-hybridized carbons (Fsp3) is 0.480. The summed E-state index contributed by atoms with van der Waals surface area (Å²) in [5, 5.41) is 8.65. The van der Waals surface area contributed by atoms with Gasteiger partial charge in [-0.1, -0.05) is 6.07 Å². The van der Waals surface area contributed by atoms with Gasteiger partial charge in [0.15, 0.2) is 0 Å². The largest absolute Gasteiger partial charge is 0.458 e. The first-order valence-corrected chi connectivity index (χ1v) is 11.8. The van der Waals surface area contributed by atoms with E-state index in [1.165, 1.54) is 6.92 Å². The topological polar surface area (TPSA) is 126 Å². The summed E-state index contributed by atoms with van der Waals surface area (Å²) in [5.74, 6) is -0.676. The summed E-state index contributed by atoms with van der Waals surface area (Å²) < 4.78 is 5.36. The number of hydrogen-bond donors (Lipinski definition) is 3. The molecular formula is C25H34N6O4. The van der Waals surface area contributed by atoms with Gasteiger partial charge in [0.25, 0.3) is 5.91 Å². The van der Waals surface area contributed by atoms with E-state index in [1.807, 2.05) is 18.2 Å². The minimum Gasteiger partial charge on any atom is -0.458 e. The summed E-state index contributed by atoms with van der Waals surface area (Å²) in [5.41, 5.74) is 0.729. The van der Waals surface area contributed by atoms with Gasteiger partial charge in [0.05, 0.1) is 0 Å². The van der Waals surface area contributed by atoms with Crippen LogP contribution in [-0.2, 0) is 14.3 Å². The molecule has 0 bridgehead atoms. The second-order valence-corrected chi connectivity index (χ2v) is 9.52. The molecule has 1 fully saturated rings. The van der Waals surface area contributed by atoms with Gasteiger partial charge in [-0.25, -0.2) is 14.8 Å². The maximum Gasteiger partial charge on any atom is 0.331 e. The number of nitrogens with zero attached hydrogens (tertiary/aromatic N) is 3. The first kappa shape index (κ1) is 25.9. The molecule has 2 amide bonds. The maximum atomic E-state index is 12.8. The number of ether oxygens (including phenoxy) is 1. The van der Waals surface area contributed by atoms with Crippen molar-refractivity contribution in [3.05, 3.63) is 48.3 Å². The predicted octanol–water partition coefficient (Wildman–Crippen LogP) is 2.13. The molecule has 2 heterocycles. The van der Waals surface area contributed by atoms with Gasteiger partial charge < -0.3 is 25.6 Å². The van der Waals surface area contributed by atoms with Crippen LogP contribution in [0.2, 0.25) is 0 Å². The van der Waals surface area contributed by atoms with E-state index in [2.05, 4.69) is 30.8 Å². The number of amides is 2. The average molecular weight is 483 g/mol. The monoisotopic (exact) mass is 482 g/mol. The highest BCUT2D eigenvalue weighted by atomic mass is 16.6. The van der Waals surface area contributed by atoms with Crippen molar-refractivity contribution >= 4 is 29.4 Å². The highest BCUT2D eigenvalue weighted by Gasteiger charge is 2.27. The Labute approximate surface area is 205 Å². The number of benzene rings is 1. The van der Waals surface area contributed by atoms with Crippen LogP contribution in [0.5, 0.6) is 0 Å². The second-order valence-electron chi connectivity index (χ2n) is 9.52. The summed E-state index contributed by atoms with van der Waals surface area (Å²) >= 11 is 0. The summed E-state index contributed by atoms with van der Waals surface area (Å²) in [6, 6.07) is 8.48. The zero-order valence-corrected chi connectivity index (χ0v) is 20.7. The second kappa shape index (κ2) is 11.6. The van der Waals surface area contributed by atoms with E-state index in [1.54, 1.807) is 45.3 Å². The molecular weight excluding hydrogens is 448 g/mol. The third-order valence-electron chi connectivity index (χ3n) is 5.40. The molecule has 1 saturated heterocycles.